The van der Waals surface area contributed by atoms with Crippen LogP contribution in [0.25, 0.3) is 0 Å². The Bertz CT molecular complexity index is 69.8. The average Bonchev–Trinajstić information content (AvgIpc) is 1.59. The molecule has 0 bridgehead atoms. The lowest BCUT2D eigenvalue weighted by Gasteiger charge is -2.27. The van der Waals surface area contributed by atoms with Crippen LogP contribution in [-0.2, 0) is 0 Å². The zero-order valence-corrected chi connectivity index (χ0v) is 7.04. The average molecular weight is 145 g/mol. The van der Waals surface area contributed by atoms with Gasteiger partial charge in [-0.2, -0.15) is 0 Å². The third kappa shape index (κ3) is 2.64. The maximum absolute atomic E-state index is 5.68. The SMILES string of the molecule is CC(N)C(C(C)N)C(C)N. The van der Waals surface area contributed by atoms with E-state index in [1.807, 2.05) is 20.8 Å². The zero-order chi connectivity index (χ0) is 8.31. The van der Waals surface area contributed by atoms with Crippen LogP contribution in [0, 0.1) is 5.92 Å². The highest BCUT2D eigenvalue weighted by molar-refractivity contribution is 4.82. The minimum absolute atomic E-state index is 0.0833. The van der Waals surface area contributed by atoms with Crippen molar-refractivity contribution < 1.29 is 0 Å². The normalized spacial score (nSPS) is 23.4. The molecule has 0 heterocycles. The molecule has 0 aliphatic carbocycles. The van der Waals surface area contributed by atoms with Crippen molar-refractivity contribution in [3.8, 4) is 0 Å². The van der Waals surface area contributed by atoms with Crippen molar-refractivity contribution >= 4 is 0 Å². The molecule has 0 saturated carbocycles. The molecular formula is C7H19N3. The summed E-state index contributed by atoms with van der Waals surface area (Å²) in [5.74, 6) is 0.222. The molecule has 6 N–H and O–H groups in total. The van der Waals surface area contributed by atoms with Crippen LogP contribution < -0.4 is 17.2 Å². The molecule has 0 aliphatic heterocycles. The predicted octanol–water partition coefficient (Wildman–Crippen LogP) is -0.356. The van der Waals surface area contributed by atoms with E-state index in [4.69, 9.17) is 17.2 Å². The molecule has 0 aromatic heterocycles. The van der Waals surface area contributed by atoms with Crippen LogP contribution >= 0.6 is 0 Å². The predicted molar refractivity (Wildman–Crippen MR) is 44.4 cm³/mol. The van der Waals surface area contributed by atoms with Gasteiger partial charge in [0.25, 0.3) is 0 Å². The highest BCUT2D eigenvalue weighted by Gasteiger charge is 2.21. The summed E-state index contributed by atoms with van der Waals surface area (Å²) in [7, 11) is 0. The van der Waals surface area contributed by atoms with Gasteiger partial charge in [-0.05, 0) is 20.8 Å². The van der Waals surface area contributed by atoms with Gasteiger partial charge in [-0.15, -0.1) is 0 Å². The molecule has 10 heavy (non-hydrogen) atoms. The first-order valence-electron chi connectivity index (χ1n) is 3.73. The monoisotopic (exact) mass is 145 g/mol. The summed E-state index contributed by atoms with van der Waals surface area (Å²) < 4.78 is 0. The first-order valence-corrected chi connectivity index (χ1v) is 3.73. The van der Waals surface area contributed by atoms with Crippen LogP contribution in [0.5, 0.6) is 0 Å². The summed E-state index contributed by atoms with van der Waals surface area (Å²) in [4.78, 5) is 0. The van der Waals surface area contributed by atoms with Crippen molar-refractivity contribution in [1.29, 1.82) is 0 Å². The van der Waals surface area contributed by atoms with Gasteiger partial charge >= 0.3 is 0 Å². The molecule has 0 saturated heterocycles. The van der Waals surface area contributed by atoms with Gasteiger partial charge in [-0.1, -0.05) is 0 Å². The van der Waals surface area contributed by atoms with E-state index < -0.39 is 0 Å². The third-order valence-electron chi connectivity index (χ3n) is 1.82. The van der Waals surface area contributed by atoms with Crippen molar-refractivity contribution in [2.45, 2.75) is 38.9 Å². The van der Waals surface area contributed by atoms with Crippen molar-refractivity contribution in [3.05, 3.63) is 0 Å². The molecule has 0 radical (unpaired) electrons. The Morgan fingerprint density at radius 1 is 0.700 bits per heavy atom. The van der Waals surface area contributed by atoms with E-state index >= 15 is 0 Å². The molecule has 3 atom stereocenters. The van der Waals surface area contributed by atoms with Crippen LogP contribution in [0.15, 0.2) is 0 Å². The first kappa shape index (κ1) is 9.88. The van der Waals surface area contributed by atoms with Crippen LogP contribution in [0.2, 0.25) is 0 Å². The summed E-state index contributed by atoms with van der Waals surface area (Å²) in [6, 6.07) is 0.250. The summed E-state index contributed by atoms with van der Waals surface area (Å²) in [5, 5.41) is 0. The van der Waals surface area contributed by atoms with Crippen LogP contribution in [0.3, 0.4) is 0 Å². The van der Waals surface area contributed by atoms with Gasteiger partial charge in [0.1, 0.15) is 0 Å². The van der Waals surface area contributed by atoms with E-state index in [2.05, 4.69) is 0 Å². The second kappa shape index (κ2) is 3.91. The molecule has 0 aromatic rings. The molecule has 0 rings (SSSR count). The summed E-state index contributed by atoms with van der Waals surface area (Å²) in [6.07, 6.45) is 0. The highest BCUT2D eigenvalue weighted by atomic mass is 14.8. The van der Waals surface area contributed by atoms with Gasteiger partial charge in [0.05, 0.1) is 0 Å². The minimum Gasteiger partial charge on any atom is -0.328 e. The molecule has 0 spiro atoms. The maximum atomic E-state index is 5.68. The molecule has 3 nitrogen and oxygen atoms in total. The van der Waals surface area contributed by atoms with E-state index in [-0.39, 0.29) is 24.0 Å². The Balaban J connectivity index is 3.98. The second-order valence-corrected chi connectivity index (χ2v) is 3.15. The van der Waals surface area contributed by atoms with Crippen molar-refractivity contribution in [1.82, 2.24) is 0 Å². The van der Waals surface area contributed by atoms with Gasteiger partial charge < -0.3 is 17.2 Å². The second-order valence-electron chi connectivity index (χ2n) is 3.15. The topological polar surface area (TPSA) is 78.1 Å². The minimum atomic E-state index is 0.0833. The lowest BCUT2D eigenvalue weighted by Crippen LogP contribution is -2.48. The number of nitrogens with two attached hydrogens (primary N) is 3. The Labute approximate surface area is 62.9 Å². The lowest BCUT2D eigenvalue weighted by atomic mass is 9.89. The molecular weight excluding hydrogens is 126 g/mol. The standard InChI is InChI=1S/C7H19N3/c1-4(8)7(5(2)9)6(3)10/h4-7H,8-10H2,1-3H3. The first-order chi connectivity index (χ1) is 4.46. The van der Waals surface area contributed by atoms with Crippen molar-refractivity contribution in [2.75, 3.05) is 0 Å². The van der Waals surface area contributed by atoms with Gasteiger partial charge in [-0.25, -0.2) is 0 Å². The van der Waals surface area contributed by atoms with E-state index in [0.29, 0.717) is 0 Å². The largest absolute Gasteiger partial charge is 0.328 e. The van der Waals surface area contributed by atoms with Crippen molar-refractivity contribution in [3.63, 3.8) is 0 Å². The fourth-order valence-corrected chi connectivity index (χ4v) is 1.44. The van der Waals surface area contributed by atoms with Crippen molar-refractivity contribution in [2.24, 2.45) is 23.1 Å². The Kier molecular flexibility index (Phi) is 3.86. The molecule has 3 heteroatoms. The Morgan fingerprint density at radius 3 is 0.900 bits per heavy atom. The van der Waals surface area contributed by atoms with Gasteiger partial charge in [0.2, 0.25) is 0 Å². The fourth-order valence-electron chi connectivity index (χ4n) is 1.44. The van der Waals surface area contributed by atoms with E-state index in [1.165, 1.54) is 0 Å². The molecule has 3 unspecified atom stereocenters. The van der Waals surface area contributed by atoms with E-state index in [0.717, 1.165) is 0 Å². The molecule has 0 aromatic carbocycles. The Morgan fingerprint density at radius 2 is 0.900 bits per heavy atom. The fraction of sp³-hybridized carbons (Fsp3) is 1.00. The van der Waals surface area contributed by atoms with Gasteiger partial charge in [-0.3, -0.25) is 0 Å². The molecule has 0 aliphatic rings. The number of rotatable bonds is 3. The summed E-state index contributed by atoms with van der Waals surface area (Å²) >= 11 is 0. The third-order valence-corrected chi connectivity index (χ3v) is 1.82. The highest BCUT2D eigenvalue weighted by Crippen LogP contribution is 2.08. The van der Waals surface area contributed by atoms with Gasteiger partial charge in [0, 0.05) is 24.0 Å². The smallest absolute Gasteiger partial charge is 0.00681 e. The molecule has 0 fully saturated rings. The Hall–Kier alpha value is -0.120. The van der Waals surface area contributed by atoms with Crippen LogP contribution in [0.4, 0.5) is 0 Å². The van der Waals surface area contributed by atoms with Crippen LogP contribution in [-0.4, -0.2) is 18.1 Å². The molecule has 62 valence electrons. The zero-order valence-electron chi connectivity index (χ0n) is 7.04. The summed E-state index contributed by atoms with van der Waals surface area (Å²) in [5.41, 5.74) is 17.0. The molecule has 0 amide bonds. The quantitative estimate of drug-likeness (QED) is 0.507. The maximum Gasteiger partial charge on any atom is 0.00681 e. The number of hydrogen-bond donors (Lipinski definition) is 3. The van der Waals surface area contributed by atoms with Crippen LogP contribution in [0.1, 0.15) is 20.8 Å². The lowest BCUT2D eigenvalue weighted by molar-refractivity contribution is 0.330. The summed E-state index contributed by atoms with van der Waals surface area (Å²) in [6.45, 7) is 5.83. The number of hydrogen-bond acceptors (Lipinski definition) is 3. The van der Waals surface area contributed by atoms with E-state index in [9.17, 15) is 0 Å². The van der Waals surface area contributed by atoms with Gasteiger partial charge in [0.15, 0.2) is 0 Å². The van der Waals surface area contributed by atoms with E-state index in [1.54, 1.807) is 0 Å².